The van der Waals surface area contributed by atoms with Gasteiger partial charge in [0.15, 0.2) is 0 Å². The number of nitrogens with two attached hydrogens (primary N) is 1. The maximum Gasteiger partial charge on any atom is 0.267 e. The van der Waals surface area contributed by atoms with Gasteiger partial charge in [-0.25, -0.2) is 4.98 Å². The summed E-state index contributed by atoms with van der Waals surface area (Å²) < 4.78 is 4.79. The first-order valence-corrected chi connectivity index (χ1v) is 3.91. The van der Waals surface area contributed by atoms with Gasteiger partial charge in [0.2, 0.25) is 5.05 Å². The molecule has 1 rings (SSSR count). The number of pyridine rings is 1. The van der Waals surface area contributed by atoms with Crippen LogP contribution >= 0.6 is 12.2 Å². The molecule has 13 heavy (non-hydrogen) atoms. The number of amides is 1. The van der Waals surface area contributed by atoms with Crippen molar-refractivity contribution >= 4 is 23.2 Å². The first-order valence-electron chi connectivity index (χ1n) is 3.50. The highest BCUT2D eigenvalue weighted by Crippen LogP contribution is 2.01. The molecule has 0 saturated heterocycles. The molecule has 5 heteroatoms. The maximum atomic E-state index is 10.7. The van der Waals surface area contributed by atoms with E-state index >= 15 is 0 Å². The zero-order valence-electron chi connectivity index (χ0n) is 6.98. The minimum atomic E-state index is -0.583. The average molecular weight is 196 g/mol. The second-order valence-electron chi connectivity index (χ2n) is 2.26. The summed E-state index contributed by atoms with van der Waals surface area (Å²) in [6, 6.07) is 4.82. The molecule has 2 N–H and O–H groups in total. The van der Waals surface area contributed by atoms with E-state index in [0.29, 0.717) is 5.69 Å². The zero-order valence-corrected chi connectivity index (χ0v) is 7.80. The molecule has 0 atom stereocenters. The number of carbonyl (C=O) groups excluding carboxylic acids is 1. The second-order valence-corrected chi connectivity index (χ2v) is 2.63. The summed E-state index contributed by atoms with van der Waals surface area (Å²) in [6.07, 6.45) is 0. The van der Waals surface area contributed by atoms with Crippen LogP contribution in [0.25, 0.3) is 0 Å². The highest BCUT2D eigenvalue weighted by molar-refractivity contribution is 7.80. The van der Waals surface area contributed by atoms with Crippen LogP contribution in [0.5, 0.6) is 0 Å². The van der Waals surface area contributed by atoms with Crippen molar-refractivity contribution in [3.8, 4) is 0 Å². The monoisotopic (exact) mass is 196 g/mol. The lowest BCUT2D eigenvalue weighted by Crippen LogP contribution is -2.15. The van der Waals surface area contributed by atoms with Gasteiger partial charge in [0, 0.05) is 0 Å². The molecular weight excluding hydrogens is 188 g/mol. The molecule has 0 bridgehead atoms. The Morgan fingerprint density at radius 3 is 2.69 bits per heavy atom. The van der Waals surface area contributed by atoms with Crippen LogP contribution in [0.15, 0.2) is 18.2 Å². The third kappa shape index (κ3) is 2.22. The number of nitrogens with zero attached hydrogens (tertiary/aromatic N) is 1. The van der Waals surface area contributed by atoms with E-state index in [9.17, 15) is 4.79 Å². The van der Waals surface area contributed by atoms with E-state index < -0.39 is 5.91 Å². The summed E-state index contributed by atoms with van der Waals surface area (Å²) in [5, 5.41) is 0.239. The SMILES string of the molecule is COC(=S)c1cccc(C(N)=O)n1. The summed E-state index contributed by atoms with van der Waals surface area (Å²) >= 11 is 4.83. The molecule has 0 aliphatic rings. The van der Waals surface area contributed by atoms with E-state index in [-0.39, 0.29) is 10.7 Å². The lowest BCUT2D eigenvalue weighted by Gasteiger charge is -2.01. The fourth-order valence-corrected chi connectivity index (χ4v) is 0.904. The summed E-state index contributed by atoms with van der Waals surface area (Å²) in [7, 11) is 1.45. The Bertz CT molecular complexity index is 352. The molecule has 1 heterocycles. The quantitative estimate of drug-likeness (QED) is 0.699. The van der Waals surface area contributed by atoms with Gasteiger partial charge in [-0.1, -0.05) is 6.07 Å². The molecule has 0 saturated carbocycles. The van der Waals surface area contributed by atoms with E-state index in [4.69, 9.17) is 22.7 Å². The first kappa shape index (κ1) is 9.60. The molecule has 0 spiro atoms. The minimum absolute atomic E-state index is 0.178. The Balaban J connectivity index is 3.05. The van der Waals surface area contributed by atoms with Crippen LogP contribution in [0.1, 0.15) is 16.2 Å². The Morgan fingerprint density at radius 1 is 1.54 bits per heavy atom. The number of ether oxygens (including phenoxy) is 1. The summed E-state index contributed by atoms with van der Waals surface area (Å²) in [5.74, 6) is -0.583. The molecule has 68 valence electrons. The molecule has 1 amide bonds. The molecule has 4 nitrogen and oxygen atoms in total. The van der Waals surface area contributed by atoms with Crippen molar-refractivity contribution in [3.63, 3.8) is 0 Å². The number of thiocarbonyl (C=S) groups is 1. The summed E-state index contributed by atoms with van der Waals surface area (Å²) in [4.78, 5) is 14.6. The Morgan fingerprint density at radius 2 is 2.15 bits per heavy atom. The van der Waals surface area contributed by atoms with Gasteiger partial charge in [-0.15, -0.1) is 0 Å². The molecule has 0 aliphatic carbocycles. The fourth-order valence-electron chi connectivity index (χ4n) is 0.790. The molecule has 0 radical (unpaired) electrons. The maximum absolute atomic E-state index is 10.7. The van der Waals surface area contributed by atoms with Crippen LogP contribution in [0.4, 0.5) is 0 Å². The predicted molar refractivity (Wildman–Crippen MR) is 51.5 cm³/mol. The summed E-state index contributed by atoms with van der Waals surface area (Å²) in [6.45, 7) is 0. The molecule has 0 aliphatic heterocycles. The molecule has 1 aromatic heterocycles. The van der Waals surface area contributed by atoms with Gasteiger partial charge in [0.05, 0.1) is 7.11 Å². The third-order valence-corrected chi connectivity index (χ3v) is 1.77. The topological polar surface area (TPSA) is 65.2 Å². The molecule has 0 fully saturated rings. The van der Waals surface area contributed by atoms with Gasteiger partial charge in [-0.05, 0) is 24.4 Å². The number of hydrogen-bond donors (Lipinski definition) is 1. The zero-order chi connectivity index (χ0) is 9.84. The molecule has 1 aromatic rings. The first-order chi connectivity index (χ1) is 6.15. The van der Waals surface area contributed by atoms with Crippen LogP contribution in [0, 0.1) is 0 Å². The van der Waals surface area contributed by atoms with Crippen molar-refractivity contribution in [2.24, 2.45) is 5.73 Å². The number of hydrogen-bond acceptors (Lipinski definition) is 4. The lowest BCUT2D eigenvalue weighted by molar-refractivity contribution is 0.0995. The normalized spacial score (nSPS) is 9.31. The van der Waals surface area contributed by atoms with Crippen molar-refractivity contribution in [1.29, 1.82) is 0 Å². The van der Waals surface area contributed by atoms with Gasteiger partial charge in [0.1, 0.15) is 11.4 Å². The molecular formula is C8H8N2O2S. The molecule has 0 unspecified atom stereocenters. The second kappa shape index (κ2) is 3.95. The average Bonchev–Trinajstić information content (AvgIpc) is 2.17. The van der Waals surface area contributed by atoms with E-state index in [0.717, 1.165) is 0 Å². The number of methoxy groups -OCH3 is 1. The minimum Gasteiger partial charge on any atom is -0.485 e. The Kier molecular flexibility index (Phi) is 2.92. The van der Waals surface area contributed by atoms with Crippen molar-refractivity contribution in [2.75, 3.05) is 7.11 Å². The van der Waals surface area contributed by atoms with Gasteiger partial charge >= 0.3 is 0 Å². The van der Waals surface area contributed by atoms with E-state index in [1.165, 1.54) is 13.2 Å². The van der Waals surface area contributed by atoms with Crippen molar-refractivity contribution in [3.05, 3.63) is 29.6 Å². The lowest BCUT2D eigenvalue weighted by atomic mass is 10.3. The van der Waals surface area contributed by atoms with Gasteiger partial charge in [-0.2, -0.15) is 0 Å². The van der Waals surface area contributed by atoms with E-state index in [2.05, 4.69) is 4.98 Å². The predicted octanol–water partition coefficient (Wildman–Crippen LogP) is 0.502. The standard InChI is InChI=1S/C8H8N2O2S/c1-12-8(13)6-4-2-3-5(10-6)7(9)11/h2-4H,1H3,(H2,9,11). The van der Waals surface area contributed by atoms with Crippen LogP contribution in [0.3, 0.4) is 0 Å². The summed E-state index contributed by atoms with van der Waals surface area (Å²) in [5.41, 5.74) is 5.66. The smallest absolute Gasteiger partial charge is 0.267 e. The van der Waals surface area contributed by atoms with Crippen LogP contribution in [-0.4, -0.2) is 23.1 Å². The van der Waals surface area contributed by atoms with Crippen LogP contribution < -0.4 is 5.73 Å². The largest absolute Gasteiger partial charge is 0.485 e. The van der Waals surface area contributed by atoms with Gasteiger partial charge < -0.3 is 10.5 Å². The Hall–Kier alpha value is -1.49. The van der Waals surface area contributed by atoms with Crippen LogP contribution in [-0.2, 0) is 4.74 Å². The third-order valence-electron chi connectivity index (χ3n) is 1.40. The number of carbonyl (C=O) groups is 1. The van der Waals surface area contributed by atoms with Gasteiger partial charge in [-0.3, -0.25) is 4.79 Å². The van der Waals surface area contributed by atoms with Crippen LogP contribution in [0.2, 0.25) is 0 Å². The van der Waals surface area contributed by atoms with Crippen molar-refractivity contribution in [2.45, 2.75) is 0 Å². The van der Waals surface area contributed by atoms with Crippen molar-refractivity contribution in [1.82, 2.24) is 4.98 Å². The fraction of sp³-hybridized carbons (Fsp3) is 0.125. The van der Waals surface area contributed by atoms with E-state index in [1.807, 2.05) is 0 Å². The molecule has 0 aromatic carbocycles. The van der Waals surface area contributed by atoms with Gasteiger partial charge in [0.25, 0.3) is 5.91 Å². The number of primary amides is 1. The number of rotatable bonds is 2. The van der Waals surface area contributed by atoms with E-state index in [1.54, 1.807) is 12.1 Å². The Labute approximate surface area is 80.7 Å². The van der Waals surface area contributed by atoms with Crippen molar-refractivity contribution < 1.29 is 9.53 Å². The highest BCUT2D eigenvalue weighted by atomic mass is 32.1. The highest BCUT2D eigenvalue weighted by Gasteiger charge is 2.06. The number of aromatic nitrogens is 1.